The molecule has 1 aromatic heterocycles. The first-order valence-corrected chi connectivity index (χ1v) is 13.2. The van der Waals surface area contributed by atoms with E-state index in [1.807, 2.05) is 23.5 Å². The highest BCUT2D eigenvalue weighted by Gasteiger charge is 2.24. The van der Waals surface area contributed by atoms with Crippen LogP contribution in [0, 0.1) is 19.7 Å². The molecule has 0 unspecified atom stereocenters. The van der Waals surface area contributed by atoms with Gasteiger partial charge >= 0.3 is 0 Å². The summed E-state index contributed by atoms with van der Waals surface area (Å²) in [4.78, 5) is 4.94. The highest BCUT2D eigenvalue weighted by molar-refractivity contribution is 7.08. The van der Waals surface area contributed by atoms with Crippen LogP contribution in [0.15, 0.2) is 59.3 Å². The SMILES string of the molecule is CN1CCC(c2ccc(F)cc2)CC1.Cc1ccc(CN2CC[C@@H](c3ccsc3)C2)cc1C. The first-order valence-electron chi connectivity index (χ1n) is 12.2. The summed E-state index contributed by atoms with van der Waals surface area (Å²) in [5, 5.41) is 4.51. The molecule has 0 radical (unpaired) electrons. The molecule has 4 heteroatoms. The average Bonchev–Trinajstić information content (AvgIpc) is 3.50. The van der Waals surface area contributed by atoms with Crippen molar-refractivity contribution in [3.05, 3.63) is 92.9 Å². The first-order chi connectivity index (χ1) is 16.0. The Morgan fingerprint density at radius 2 is 1.58 bits per heavy atom. The number of benzene rings is 2. The van der Waals surface area contributed by atoms with Crippen LogP contribution in [-0.4, -0.2) is 43.0 Å². The molecule has 2 nitrogen and oxygen atoms in total. The van der Waals surface area contributed by atoms with Crippen molar-refractivity contribution in [3.8, 4) is 0 Å². The number of aryl methyl sites for hydroxylation is 2. The van der Waals surface area contributed by atoms with Gasteiger partial charge in [0, 0.05) is 13.1 Å². The zero-order chi connectivity index (χ0) is 23.2. The van der Waals surface area contributed by atoms with Crippen LogP contribution in [0.1, 0.15) is 58.9 Å². The lowest BCUT2D eigenvalue weighted by Crippen LogP contribution is -2.29. The van der Waals surface area contributed by atoms with E-state index in [2.05, 4.69) is 65.7 Å². The highest BCUT2D eigenvalue weighted by Crippen LogP contribution is 2.30. The molecule has 5 rings (SSSR count). The van der Waals surface area contributed by atoms with E-state index in [1.165, 1.54) is 60.2 Å². The largest absolute Gasteiger partial charge is 0.306 e. The Morgan fingerprint density at radius 3 is 2.24 bits per heavy atom. The number of hydrogen-bond acceptors (Lipinski definition) is 3. The van der Waals surface area contributed by atoms with Crippen LogP contribution in [0.2, 0.25) is 0 Å². The average molecular weight is 465 g/mol. The second-order valence-electron chi connectivity index (χ2n) is 9.83. The third kappa shape index (κ3) is 6.75. The molecule has 0 aliphatic carbocycles. The number of likely N-dealkylation sites (tertiary alicyclic amines) is 2. The molecular weight excluding hydrogens is 427 g/mol. The number of halogens is 1. The molecule has 0 N–H and O–H groups in total. The maximum atomic E-state index is 12.7. The fourth-order valence-corrected chi connectivity index (χ4v) is 5.73. The zero-order valence-electron chi connectivity index (χ0n) is 20.3. The summed E-state index contributed by atoms with van der Waals surface area (Å²) in [5.41, 5.74) is 7.08. The van der Waals surface area contributed by atoms with E-state index in [0.717, 1.165) is 25.6 Å². The van der Waals surface area contributed by atoms with E-state index in [9.17, 15) is 4.39 Å². The Bertz CT molecular complexity index is 991. The van der Waals surface area contributed by atoms with E-state index < -0.39 is 0 Å². The molecule has 0 spiro atoms. The maximum Gasteiger partial charge on any atom is 0.123 e. The number of rotatable bonds is 4. The van der Waals surface area contributed by atoms with Gasteiger partial charge in [-0.3, -0.25) is 4.90 Å². The number of thiophene rings is 1. The molecule has 0 amide bonds. The van der Waals surface area contributed by atoms with Gasteiger partial charge in [0.15, 0.2) is 0 Å². The Morgan fingerprint density at radius 1 is 0.848 bits per heavy atom. The Kier molecular flexibility index (Phi) is 8.34. The Labute approximate surface area is 203 Å². The van der Waals surface area contributed by atoms with Crippen molar-refractivity contribution >= 4 is 11.3 Å². The topological polar surface area (TPSA) is 6.48 Å². The van der Waals surface area contributed by atoms with Gasteiger partial charge in [0.25, 0.3) is 0 Å². The van der Waals surface area contributed by atoms with Crippen LogP contribution in [0.25, 0.3) is 0 Å². The van der Waals surface area contributed by atoms with Crippen LogP contribution >= 0.6 is 11.3 Å². The molecule has 3 aromatic rings. The lowest BCUT2D eigenvalue weighted by atomic mass is 9.90. The third-order valence-electron chi connectivity index (χ3n) is 7.32. The van der Waals surface area contributed by atoms with E-state index in [4.69, 9.17) is 0 Å². The molecule has 2 fully saturated rings. The summed E-state index contributed by atoms with van der Waals surface area (Å²) < 4.78 is 12.7. The highest BCUT2D eigenvalue weighted by atomic mass is 32.1. The van der Waals surface area contributed by atoms with Gasteiger partial charge in [-0.1, -0.05) is 30.3 Å². The van der Waals surface area contributed by atoms with E-state index in [1.54, 1.807) is 12.1 Å². The van der Waals surface area contributed by atoms with Gasteiger partial charge in [0.05, 0.1) is 0 Å². The molecule has 176 valence electrons. The van der Waals surface area contributed by atoms with Crippen molar-refractivity contribution in [2.75, 3.05) is 33.2 Å². The van der Waals surface area contributed by atoms with Crippen LogP contribution in [0.3, 0.4) is 0 Å². The quantitative estimate of drug-likeness (QED) is 0.410. The van der Waals surface area contributed by atoms with Gasteiger partial charge in [-0.25, -0.2) is 4.39 Å². The summed E-state index contributed by atoms with van der Waals surface area (Å²) in [6, 6.07) is 16.1. The van der Waals surface area contributed by atoms with Crippen LogP contribution < -0.4 is 0 Å². The Hall–Kier alpha value is -2.01. The molecule has 0 saturated carbocycles. The van der Waals surface area contributed by atoms with Crippen LogP contribution in [0.4, 0.5) is 4.39 Å². The van der Waals surface area contributed by atoms with Gasteiger partial charge in [0.1, 0.15) is 5.82 Å². The normalized spacial score (nSPS) is 19.9. The van der Waals surface area contributed by atoms with Crippen molar-refractivity contribution in [2.24, 2.45) is 0 Å². The zero-order valence-corrected chi connectivity index (χ0v) is 21.1. The predicted molar refractivity (Wildman–Crippen MR) is 139 cm³/mol. The van der Waals surface area contributed by atoms with Crippen molar-refractivity contribution < 1.29 is 4.39 Å². The fourth-order valence-electron chi connectivity index (χ4n) is 4.99. The van der Waals surface area contributed by atoms with Gasteiger partial charge in [-0.2, -0.15) is 11.3 Å². The van der Waals surface area contributed by atoms with Gasteiger partial charge in [-0.15, -0.1) is 0 Å². The van der Waals surface area contributed by atoms with Crippen molar-refractivity contribution in [2.45, 2.75) is 51.5 Å². The molecule has 33 heavy (non-hydrogen) atoms. The third-order valence-corrected chi connectivity index (χ3v) is 8.03. The molecule has 1 atom stereocenters. The van der Waals surface area contributed by atoms with Crippen molar-refractivity contribution in [1.29, 1.82) is 0 Å². The molecule has 0 bridgehead atoms. The summed E-state index contributed by atoms with van der Waals surface area (Å²) in [6.07, 6.45) is 3.70. The van der Waals surface area contributed by atoms with Gasteiger partial charge in [0.2, 0.25) is 0 Å². The van der Waals surface area contributed by atoms with Crippen LogP contribution in [0.5, 0.6) is 0 Å². The lowest BCUT2D eigenvalue weighted by molar-refractivity contribution is 0.255. The molecule has 2 aliphatic heterocycles. The monoisotopic (exact) mass is 464 g/mol. The summed E-state index contributed by atoms with van der Waals surface area (Å²) in [5.74, 6) is 1.24. The standard InChI is InChI=1S/C17H21NS.C12H16FN/c1-13-3-4-15(9-14(13)2)10-18-7-5-16(11-18)17-6-8-19-12-17;1-14-8-6-11(7-9-14)10-2-4-12(13)5-3-10/h3-4,6,8-9,12,16H,5,7,10-11H2,1-2H3;2-5,11H,6-9H2,1H3/t16-;/m1./s1. The predicted octanol–water partition coefficient (Wildman–Crippen LogP) is 6.99. The number of piperidine rings is 1. The molecule has 3 heterocycles. The van der Waals surface area contributed by atoms with Gasteiger partial charge in [-0.05, 0) is 128 Å². The van der Waals surface area contributed by atoms with E-state index in [-0.39, 0.29) is 5.82 Å². The first kappa shape index (κ1) is 24.1. The molecule has 2 saturated heterocycles. The summed E-state index contributed by atoms with van der Waals surface area (Å²) in [7, 11) is 2.15. The van der Waals surface area contributed by atoms with E-state index >= 15 is 0 Å². The molecule has 2 aliphatic rings. The smallest absolute Gasteiger partial charge is 0.123 e. The fraction of sp³-hybridized carbons (Fsp3) is 0.448. The lowest BCUT2D eigenvalue weighted by Gasteiger charge is -2.29. The second kappa shape index (κ2) is 11.4. The minimum absolute atomic E-state index is 0.137. The van der Waals surface area contributed by atoms with Crippen LogP contribution in [-0.2, 0) is 6.54 Å². The number of nitrogens with zero attached hydrogens (tertiary/aromatic N) is 2. The van der Waals surface area contributed by atoms with Crippen molar-refractivity contribution in [3.63, 3.8) is 0 Å². The maximum absolute atomic E-state index is 12.7. The van der Waals surface area contributed by atoms with E-state index in [0.29, 0.717) is 5.92 Å². The van der Waals surface area contributed by atoms with Crippen molar-refractivity contribution in [1.82, 2.24) is 9.80 Å². The summed E-state index contributed by atoms with van der Waals surface area (Å²) >= 11 is 1.82. The number of hydrogen-bond donors (Lipinski definition) is 0. The minimum Gasteiger partial charge on any atom is -0.306 e. The minimum atomic E-state index is -0.137. The summed E-state index contributed by atoms with van der Waals surface area (Å²) in [6.45, 7) is 10.2. The molecule has 2 aromatic carbocycles. The Balaban J connectivity index is 0.000000165. The molecular formula is C29H37FN2S. The second-order valence-corrected chi connectivity index (χ2v) is 10.6. The van der Waals surface area contributed by atoms with Gasteiger partial charge < -0.3 is 4.90 Å².